The Balaban J connectivity index is 0.00000280. The normalized spacial score (nSPS) is 15.8. The minimum atomic E-state index is -0.638. The molecule has 0 aliphatic carbocycles. The second-order valence-electron chi connectivity index (χ2n) is 6.81. The number of rotatable bonds is 6. The first-order valence-electron chi connectivity index (χ1n) is 9.18. The van der Waals surface area contributed by atoms with Crippen LogP contribution in [0.4, 0.5) is 8.78 Å². The number of likely N-dealkylation sites (tertiary alicyclic amines) is 1. The van der Waals surface area contributed by atoms with Crippen molar-refractivity contribution >= 4 is 30.1 Å². The third kappa shape index (κ3) is 5.69. The largest absolute Gasteiger partial charge is 0.341 e. The van der Waals surface area contributed by atoms with E-state index in [1.54, 1.807) is 0 Å². The number of nitrogens with one attached hydrogen (secondary N) is 1. The van der Waals surface area contributed by atoms with Crippen LogP contribution in [0.25, 0.3) is 0 Å². The van der Waals surface area contributed by atoms with Crippen LogP contribution >= 0.6 is 24.2 Å². The molecule has 0 saturated carbocycles. The van der Waals surface area contributed by atoms with Crippen molar-refractivity contribution in [3.8, 4) is 0 Å². The Kier molecular flexibility index (Phi) is 8.73. The third-order valence-electron chi connectivity index (χ3n) is 4.88. The molecule has 1 atom stereocenters. The van der Waals surface area contributed by atoms with Crippen LogP contribution in [0.15, 0.2) is 53.4 Å². The van der Waals surface area contributed by atoms with Gasteiger partial charge in [-0.2, -0.15) is 0 Å². The number of nitrogens with zero attached hydrogens (tertiary/aromatic N) is 1. The van der Waals surface area contributed by atoms with E-state index < -0.39 is 16.9 Å². The Morgan fingerprint density at radius 3 is 2.46 bits per heavy atom. The van der Waals surface area contributed by atoms with E-state index in [2.05, 4.69) is 5.32 Å². The number of piperidine rings is 1. The average molecular weight is 427 g/mol. The van der Waals surface area contributed by atoms with Crippen molar-refractivity contribution < 1.29 is 13.6 Å². The number of carbonyl (C=O) groups is 1. The van der Waals surface area contributed by atoms with E-state index in [-0.39, 0.29) is 23.2 Å². The molecular weight excluding hydrogens is 402 g/mol. The summed E-state index contributed by atoms with van der Waals surface area (Å²) in [7, 11) is 1.94. The van der Waals surface area contributed by atoms with Crippen molar-refractivity contribution in [1.29, 1.82) is 0 Å². The molecule has 2 aromatic carbocycles. The van der Waals surface area contributed by atoms with E-state index in [1.165, 1.54) is 12.1 Å². The van der Waals surface area contributed by atoms with Crippen molar-refractivity contribution in [2.45, 2.75) is 23.0 Å². The lowest BCUT2D eigenvalue weighted by Crippen LogP contribution is -2.42. The Morgan fingerprint density at radius 2 is 1.86 bits per heavy atom. The van der Waals surface area contributed by atoms with Crippen LogP contribution in [-0.2, 0) is 4.79 Å². The minimum absolute atomic E-state index is 0. The van der Waals surface area contributed by atoms with E-state index in [0.717, 1.165) is 42.8 Å². The molecule has 1 amide bonds. The summed E-state index contributed by atoms with van der Waals surface area (Å²) in [5.74, 6) is -0.693. The number of amides is 1. The summed E-state index contributed by atoms with van der Waals surface area (Å²) in [6.07, 6.45) is 1.92. The summed E-state index contributed by atoms with van der Waals surface area (Å²) in [5.41, 5.74) is 0.827. The number of hydrogen-bond acceptors (Lipinski definition) is 3. The Labute approximate surface area is 175 Å². The second kappa shape index (κ2) is 10.8. The maximum Gasteiger partial charge on any atom is 0.240 e. The molecular formula is C21H25ClF2N2OS. The first-order valence-corrected chi connectivity index (χ1v) is 10.1. The Morgan fingerprint density at radius 1 is 1.18 bits per heavy atom. The smallest absolute Gasteiger partial charge is 0.240 e. The fourth-order valence-electron chi connectivity index (χ4n) is 3.40. The molecule has 2 aromatic rings. The van der Waals surface area contributed by atoms with Gasteiger partial charge in [0, 0.05) is 24.1 Å². The molecule has 28 heavy (non-hydrogen) atoms. The van der Waals surface area contributed by atoms with Gasteiger partial charge in [0.1, 0.15) is 16.9 Å². The topological polar surface area (TPSA) is 32.3 Å². The van der Waals surface area contributed by atoms with Crippen molar-refractivity contribution in [2.24, 2.45) is 5.92 Å². The van der Waals surface area contributed by atoms with Gasteiger partial charge in [-0.15, -0.1) is 24.2 Å². The maximum atomic E-state index is 14.2. The predicted molar refractivity (Wildman–Crippen MR) is 112 cm³/mol. The lowest BCUT2D eigenvalue weighted by molar-refractivity contribution is -0.132. The van der Waals surface area contributed by atoms with Gasteiger partial charge in [-0.25, -0.2) is 8.78 Å². The first-order chi connectivity index (χ1) is 13.1. The fourth-order valence-corrected chi connectivity index (χ4v) is 4.51. The molecule has 1 saturated heterocycles. The summed E-state index contributed by atoms with van der Waals surface area (Å²) >= 11 is 1.14. The summed E-state index contributed by atoms with van der Waals surface area (Å²) in [5, 5.41) is 2.64. The van der Waals surface area contributed by atoms with Gasteiger partial charge in [0.15, 0.2) is 0 Å². The van der Waals surface area contributed by atoms with Crippen molar-refractivity contribution in [2.75, 3.05) is 26.7 Å². The monoisotopic (exact) mass is 426 g/mol. The van der Waals surface area contributed by atoms with E-state index in [1.807, 2.05) is 42.3 Å². The average Bonchev–Trinajstić information content (AvgIpc) is 2.68. The lowest BCUT2D eigenvalue weighted by Gasteiger charge is -2.34. The van der Waals surface area contributed by atoms with Crippen LogP contribution in [0.2, 0.25) is 0 Å². The molecule has 1 N–H and O–H groups in total. The zero-order valence-electron chi connectivity index (χ0n) is 15.7. The molecule has 7 heteroatoms. The van der Waals surface area contributed by atoms with Gasteiger partial charge in [0.2, 0.25) is 5.91 Å². The number of thioether (sulfide) groups is 1. The van der Waals surface area contributed by atoms with Gasteiger partial charge in [-0.3, -0.25) is 4.79 Å². The quantitative estimate of drug-likeness (QED) is 0.681. The zero-order valence-corrected chi connectivity index (χ0v) is 17.4. The number of benzene rings is 2. The van der Waals surface area contributed by atoms with Crippen molar-refractivity contribution in [3.05, 3.63) is 65.7 Å². The molecule has 1 aliphatic heterocycles. The van der Waals surface area contributed by atoms with Crippen LogP contribution in [-0.4, -0.2) is 37.5 Å². The molecule has 0 spiro atoms. The van der Waals surface area contributed by atoms with E-state index in [9.17, 15) is 13.6 Å². The van der Waals surface area contributed by atoms with Crippen LogP contribution in [0, 0.1) is 17.6 Å². The van der Waals surface area contributed by atoms with Crippen molar-refractivity contribution in [3.63, 3.8) is 0 Å². The minimum Gasteiger partial charge on any atom is -0.341 e. The van der Waals surface area contributed by atoms with Gasteiger partial charge >= 0.3 is 0 Å². The summed E-state index contributed by atoms with van der Waals surface area (Å²) in [4.78, 5) is 15.4. The highest BCUT2D eigenvalue weighted by atomic mass is 35.5. The van der Waals surface area contributed by atoms with Crippen LogP contribution < -0.4 is 5.32 Å². The van der Waals surface area contributed by atoms with Gasteiger partial charge < -0.3 is 10.2 Å². The number of halogens is 3. The molecule has 3 rings (SSSR count). The number of hydrogen-bond donors (Lipinski definition) is 1. The lowest BCUT2D eigenvalue weighted by atomic mass is 9.96. The standard InChI is InChI=1S/C21H24F2N2OS.ClH/c1-24-14-15-9-11-25(12-10-15)21(26)20(16-5-3-2-4-6-16)27-19-8-7-17(22)13-18(19)23;/h2-8,13,15,20,24H,9-12,14H2,1H3;1H. The van der Waals surface area contributed by atoms with Gasteiger partial charge in [-0.1, -0.05) is 30.3 Å². The predicted octanol–water partition coefficient (Wildman–Crippen LogP) is 4.68. The molecule has 1 fully saturated rings. The molecule has 1 aliphatic rings. The van der Waals surface area contributed by atoms with Crippen molar-refractivity contribution in [1.82, 2.24) is 10.2 Å². The summed E-state index contributed by atoms with van der Waals surface area (Å²) in [6, 6.07) is 12.9. The summed E-state index contributed by atoms with van der Waals surface area (Å²) in [6.45, 7) is 2.38. The zero-order chi connectivity index (χ0) is 19.2. The highest BCUT2D eigenvalue weighted by Crippen LogP contribution is 2.38. The molecule has 1 heterocycles. The summed E-state index contributed by atoms with van der Waals surface area (Å²) < 4.78 is 27.4. The molecule has 152 valence electrons. The highest BCUT2D eigenvalue weighted by Gasteiger charge is 2.30. The third-order valence-corrected chi connectivity index (χ3v) is 6.18. The molecule has 0 radical (unpaired) electrons. The second-order valence-corrected chi connectivity index (χ2v) is 7.96. The van der Waals surface area contributed by atoms with Crippen LogP contribution in [0.1, 0.15) is 23.7 Å². The molecule has 1 unspecified atom stereocenters. The van der Waals surface area contributed by atoms with Crippen LogP contribution in [0.3, 0.4) is 0 Å². The van der Waals surface area contributed by atoms with E-state index >= 15 is 0 Å². The van der Waals surface area contributed by atoms with Gasteiger partial charge in [-0.05, 0) is 50.0 Å². The number of carbonyl (C=O) groups excluding carboxylic acids is 1. The van der Waals surface area contributed by atoms with Gasteiger partial charge in [0.25, 0.3) is 0 Å². The van der Waals surface area contributed by atoms with Gasteiger partial charge in [0.05, 0.1) is 0 Å². The molecule has 3 nitrogen and oxygen atoms in total. The Bertz CT molecular complexity index is 770. The molecule has 0 aromatic heterocycles. The highest BCUT2D eigenvalue weighted by molar-refractivity contribution is 8.00. The molecule has 0 bridgehead atoms. The first kappa shape index (κ1) is 22.7. The van der Waals surface area contributed by atoms with Crippen LogP contribution in [0.5, 0.6) is 0 Å². The SMILES string of the molecule is CNCC1CCN(C(=O)C(Sc2ccc(F)cc2F)c2ccccc2)CC1.Cl. The Hall–Kier alpha value is -1.63. The fraction of sp³-hybridized carbons (Fsp3) is 0.381. The van der Waals surface area contributed by atoms with E-state index in [0.29, 0.717) is 19.0 Å². The van der Waals surface area contributed by atoms with E-state index in [4.69, 9.17) is 0 Å². The maximum absolute atomic E-state index is 14.2.